The fourth-order valence-corrected chi connectivity index (χ4v) is 5.59. The summed E-state index contributed by atoms with van der Waals surface area (Å²) in [7, 11) is -4.39. The van der Waals surface area contributed by atoms with Crippen molar-refractivity contribution < 1.29 is 32.4 Å². The van der Waals surface area contributed by atoms with Gasteiger partial charge in [0.15, 0.2) is 0 Å². The number of aromatic hydroxyl groups is 1. The summed E-state index contributed by atoms with van der Waals surface area (Å²) in [5.74, 6) is -1.13. The number of carbonyl (C=O) groups excluding carboxylic acids is 1. The van der Waals surface area contributed by atoms with Crippen LogP contribution in [0.1, 0.15) is 36.1 Å². The molecule has 1 fully saturated rings. The molecule has 5 rings (SSSR count). The van der Waals surface area contributed by atoms with Crippen LogP contribution in [0.4, 0.5) is 10.1 Å². The lowest BCUT2D eigenvalue weighted by molar-refractivity contribution is -0.131. The molecule has 1 saturated heterocycles. The molecule has 1 amide bonds. The van der Waals surface area contributed by atoms with E-state index in [4.69, 9.17) is 0 Å². The van der Waals surface area contributed by atoms with Crippen LogP contribution in [0, 0.1) is 11.7 Å². The standard InChI is InChI=1S/C30H26FNO6S/c31-22-12-9-19(10-13-22)27(33)16-15-26-29(32(30(26)35)23-6-2-1-3-7-23)25-14-11-21(18-28(25)34)20-5-4-8-24(17-20)39(36,37)38/h1-14,17-18,26-27,29,33-34H,15-16H2,(H,36,37,38)/t26-,27+,29-/m1/s1. The van der Waals surface area contributed by atoms with E-state index in [2.05, 4.69) is 0 Å². The van der Waals surface area contributed by atoms with Gasteiger partial charge in [-0.25, -0.2) is 4.39 Å². The molecule has 0 aliphatic carbocycles. The number of hydrogen-bond donors (Lipinski definition) is 3. The van der Waals surface area contributed by atoms with Crippen LogP contribution >= 0.6 is 0 Å². The molecule has 1 heterocycles. The second-order valence-electron chi connectivity index (χ2n) is 9.52. The minimum atomic E-state index is -4.39. The van der Waals surface area contributed by atoms with Gasteiger partial charge in [0.25, 0.3) is 10.1 Å². The van der Waals surface area contributed by atoms with Crippen molar-refractivity contribution in [2.24, 2.45) is 5.92 Å². The molecule has 0 aromatic heterocycles. The number of carbonyl (C=O) groups is 1. The van der Waals surface area contributed by atoms with Gasteiger partial charge >= 0.3 is 0 Å². The quantitative estimate of drug-likeness (QED) is 0.194. The zero-order valence-corrected chi connectivity index (χ0v) is 21.5. The molecule has 3 atom stereocenters. The molecular weight excluding hydrogens is 521 g/mol. The molecule has 1 aliphatic heterocycles. The Kier molecular flexibility index (Phi) is 7.22. The highest BCUT2D eigenvalue weighted by Gasteiger charge is 2.49. The van der Waals surface area contributed by atoms with Crippen molar-refractivity contribution >= 4 is 21.7 Å². The SMILES string of the molecule is O=C1[C@H](CC[C@H](O)c2ccc(F)cc2)[C@@H](c2ccc(-c3cccc(S(=O)(=O)O)c3)cc2O)N1c1ccccc1. The lowest BCUT2D eigenvalue weighted by atomic mass is 9.77. The zero-order valence-electron chi connectivity index (χ0n) is 20.7. The first kappa shape index (κ1) is 26.6. The van der Waals surface area contributed by atoms with Crippen LogP contribution in [-0.2, 0) is 14.9 Å². The third-order valence-corrected chi connectivity index (χ3v) is 7.92. The van der Waals surface area contributed by atoms with Crippen LogP contribution in [0.2, 0.25) is 0 Å². The summed E-state index contributed by atoms with van der Waals surface area (Å²) in [6, 6.07) is 24.8. The minimum absolute atomic E-state index is 0.0766. The monoisotopic (exact) mass is 547 g/mol. The number of halogens is 1. The molecule has 1 aliphatic rings. The van der Waals surface area contributed by atoms with Crippen molar-refractivity contribution in [3.63, 3.8) is 0 Å². The number of aliphatic hydroxyl groups is 1. The maximum atomic E-state index is 13.3. The molecule has 4 aromatic rings. The van der Waals surface area contributed by atoms with Crippen molar-refractivity contribution in [1.82, 2.24) is 0 Å². The van der Waals surface area contributed by atoms with Crippen molar-refractivity contribution in [3.8, 4) is 16.9 Å². The summed E-state index contributed by atoms with van der Waals surface area (Å²) >= 11 is 0. The van der Waals surface area contributed by atoms with Gasteiger partial charge in [0, 0.05) is 11.3 Å². The summed E-state index contributed by atoms with van der Waals surface area (Å²) in [5, 5.41) is 21.7. The van der Waals surface area contributed by atoms with E-state index in [9.17, 15) is 32.4 Å². The summed E-state index contributed by atoms with van der Waals surface area (Å²) in [5.41, 5.74) is 2.75. The molecule has 39 heavy (non-hydrogen) atoms. The van der Waals surface area contributed by atoms with E-state index >= 15 is 0 Å². The highest BCUT2D eigenvalue weighted by molar-refractivity contribution is 7.85. The zero-order chi connectivity index (χ0) is 27.7. The third-order valence-electron chi connectivity index (χ3n) is 7.07. The van der Waals surface area contributed by atoms with E-state index in [1.54, 1.807) is 35.2 Å². The molecular formula is C30H26FNO6S. The van der Waals surface area contributed by atoms with Crippen molar-refractivity contribution in [2.75, 3.05) is 4.90 Å². The smallest absolute Gasteiger partial charge is 0.294 e. The molecule has 0 saturated carbocycles. The number of β-lactam (4-membered cyclic amide) rings is 1. The topological polar surface area (TPSA) is 115 Å². The maximum absolute atomic E-state index is 13.3. The number of amides is 1. The lowest BCUT2D eigenvalue weighted by Gasteiger charge is -2.48. The van der Waals surface area contributed by atoms with Crippen LogP contribution < -0.4 is 4.90 Å². The second kappa shape index (κ2) is 10.6. The second-order valence-corrected chi connectivity index (χ2v) is 10.9. The first-order valence-corrected chi connectivity index (χ1v) is 13.8. The van der Waals surface area contributed by atoms with E-state index in [1.807, 2.05) is 18.2 Å². The molecule has 0 radical (unpaired) electrons. The Morgan fingerprint density at radius 3 is 2.23 bits per heavy atom. The van der Waals surface area contributed by atoms with Crippen LogP contribution in [0.3, 0.4) is 0 Å². The summed E-state index contributed by atoms with van der Waals surface area (Å²) in [6.07, 6.45) is -0.276. The van der Waals surface area contributed by atoms with Gasteiger partial charge in [-0.2, -0.15) is 8.42 Å². The van der Waals surface area contributed by atoms with Crippen LogP contribution in [0.15, 0.2) is 102 Å². The molecule has 9 heteroatoms. The van der Waals surface area contributed by atoms with Gasteiger partial charge in [-0.1, -0.05) is 54.6 Å². The van der Waals surface area contributed by atoms with E-state index in [0.717, 1.165) is 0 Å². The highest BCUT2D eigenvalue weighted by Crippen LogP contribution is 2.49. The van der Waals surface area contributed by atoms with Gasteiger partial charge in [0.1, 0.15) is 11.6 Å². The van der Waals surface area contributed by atoms with Gasteiger partial charge in [-0.15, -0.1) is 0 Å². The minimum Gasteiger partial charge on any atom is -0.508 e. The first-order valence-electron chi connectivity index (χ1n) is 12.4. The number of phenolic OH excluding ortho intramolecular Hbond substituents is 1. The number of aliphatic hydroxyl groups excluding tert-OH is 1. The van der Waals surface area contributed by atoms with E-state index in [0.29, 0.717) is 34.4 Å². The summed E-state index contributed by atoms with van der Waals surface area (Å²) < 4.78 is 45.8. The number of nitrogens with zero attached hydrogens (tertiary/aromatic N) is 1. The maximum Gasteiger partial charge on any atom is 0.294 e. The van der Waals surface area contributed by atoms with Gasteiger partial charge in [-0.05, 0) is 72.0 Å². The summed E-state index contributed by atoms with van der Waals surface area (Å²) in [4.78, 5) is 14.7. The highest BCUT2D eigenvalue weighted by atomic mass is 32.2. The van der Waals surface area contributed by atoms with E-state index in [1.165, 1.54) is 48.5 Å². The molecule has 0 bridgehead atoms. The average molecular weight is 548 g/mol. The number of para-hydroxylation sites is 1. The van der Waals surface area contributed by atoms with Crippen LogP contribution in [0.5, 0.6) is 5.75 Å². The Morgan fingerprint density at radius 2 is 1.56 bits per heavy atom. The number of benzene rings is 4. The van der Waals surface area contributed by atoms with Gasteiger partial charge < -0.3 is 15.1 Å². The van der Waals surface area contributed by atoms with Crippen molar-refractivity contribution in [1.29, 1.82) is 0 Å². The number of hydrogen-bond acceptors (Lipinski definition) is 5. The predicted octanol–water partition coefficient (Wildman–Crippen LogP) is 5.66. The Labute approximate surface area is 225 Å². The Balaban J connectivity index is 1.44. The molecule has 0 unspecified atom stereocenters. The summed E-state index contributed by atoms with van der Waals surface area (Å²) in [6.45, 7) is 0. The van der Waals surface area contributed by atoms with Crippen molar-refractivity contribution in [3.05, 3.63) is 114 Å². The average Bonchev–Trinajstić information content (AvgIpc) is 2.92. The third kappa shape index (κ3) is 5.42. The van der Waals surface area contributed by atoms with Gasteiger partial charge in [0.05, 0.1) is 23.0 Å². The molecule has 0 spiro atoms. The normalized spacial score (nSPS) is 18.0. The number of phenols is 1. The van der Waals surface area contributed by atoms with Crippen LogP contribution in [-0.4, -0.2) is 29.1 Å². The molecule has 3 N–H and O–H groups in total. The van der Waals surface area contributed by atoms with Gasteiger partial charge in [0.2, 0.25) is 5.91 Å². The van der Waals surface area contributed by atoms with E-state index in [-0.39, 0.29) is 23.0 Å². The van der Waals surface area contributed by atoms with Crippen LogP contribution in [0.25, 0.3) is 11.1 Å². The Bertz CT molecular complexity index is 1610. The van der Waals surface area contributed by atoms with Crippen molar-refractivity contribution in [2.45, 2.75) is 29.9 Å². The number of anilines is 1. The fourth-order valence-electron chi connectivity index (χ4n) is 5.06. The van der Waals surface area contributed by atoms with Gasteiger partial charge in [-0.3, -0.25) is 9.35 Å². The number of rotatable bonds is 8. The molecule has 4 aromatic carbocycles. The fraction of sp³-hybridized carbons (Fsp3) is 0.167. The predicted molar refractivity (Wildman–Crippen MR) is 144 cm³/mol. The Hall–Kier alpha value is -4.05. The lowest BCUT2D eigenvalue weighted by Crippen LogP contribution is -2.55. The molecule has 200 valence electrons. The first-order chi connectivity index (χ1) is 18.6. The Morgan fingerprint density at radius 1 is 0.872 bits per heavy atom. The molecule has 7 nitrogen and oxygen atoms in total. The largest absolute Gasteiger partial charge is 0.508 e. The van der Waals surface area contributed by atoms with E-state index < -0.39 is 34.0 Å².